The van der Waals surface area contributed by atoms with E-state index in [1.165, 1.54) is 5.69 Å². The number of hydrogen-bond donors (Lipinski definition) is 1. The van der Waals surface area contributed by atoms with Crippen molar-refractivity contribution in [1.82, 2.24) is 4.98 Å². The molecule has 1 unspecified atom stereocenters. The van der Waals surface area contributed by atoms with Crippen LogP contribution in [0, 0.1) is 0 Å². The maximum atomic E-state index is 4.31. The maximum absolute atomic E-state index is 4.31. The zero-order valence-corrected chi connectivity index (χ0v) is 8.12. The van der Waals surface area contributed by atoms with Crippen molar-refractivity contribution in [3.63, 3.8) is 0 Å². The molecule has 0 spiro atoms. The third-order valence-corrected chi connectivity index (χ3v) is 2.68. The van der Waals surface area contributed by atoms with Crippen molar-refractivity contribution in [3.05, 3.63) is 18.3 Å². The minimum Gasteiger partial charge on any atom is -0.369 e. The lowest BCUT2D eigenvalue weighted by Gasteiger charge is -2.24. The average molecular weight is 177 g/mol. The molecule has 2 heterocycles. The maximum Gasteiger partial charge on any atom is 0.149 e. The third kappa shape index (κ3) is 1.46. The summed E-state index contributed by atoms with van der Waals surface area (Å²) in [5.74, 6) is 1.01. The predicted octanol–water partition coefficient (Wildman–Crippen LogP) is 1.72. The smallest absolute Gasteiger partial charge is 0.149 e. The van der Waals surface area contributed by atoms with Gasteiger partial charge in [0, 0.05) is 25.8 Å². The van der Waals surface area contributed by atoms with Gasteiger partial charge in [-0.25, -0.2) is 4.98 Å². The first-order valence-electron chi connectivity index (χ1n) is 4.71. The molecule has 1 aliphatic rings. The van der Waals surface area contributed by atoms with E-state index in [-0.39, 0.29) is 0 Å². The largest absolute Gasteiger partial charge is 0.369 e. The summed E-state index contributed by atoms with van der Waals surface area (Å²) in [5, 5.41) is 3.33. The van der Waals surface area contributed by atoms with Crippen LogP contribution in [0.15, 0.2) is 18.3 Å². The number of nitrogens with zero attached hydrogens (tertiary/aromatic N) is 2. The second-order valence-electron chi connectivity index (χ2n) is 3.55. The molecule has 0 bridgehead atoms. The van der Waals surface area contributed by atoms with Crippen molar-refractivity contribution >= 4 is 11.5 Å². The number of nitrogens with one attached hydrogen (secondary N) is 1. The molecule has 1 aromatic heterocycles. The van der Waals surface area contributed by atoms with Crippen molar-refractivity contribution < 1.29 is 0 Å². The summed E-state index contributed by atoms with van der Waals surface area (Å²) in [7, 11) is 2.12. The highest BCUT2D eigenvalue weighted by Gasteiger charge is 2.17. The number of pyridine rings is 1. The number of fused-ring (bicyclic) bond motifs is 1. The molecule has 70 valence electrons. The molecule has 0 aromatic carbocycles. The Bertz CT molecular complexity index is 298. The molecule has 0 radical (unpaired) electrons. The number of anilines is 2. The Balaban J connectivity index is 2.40. The molecule has 1 N–H and O–H groups in total. The first-order valence-corrected chi connectivity index (χ1v) is 4.71. The van der Waals surface area contributed by atoms with E-state index in [2.05, 4.69) is 35.2 Å². The summed E-state index contributed by atoms with van der Waals surface area (Å²) in [6, 6.07) is 4.67. The molecule has 1 aliphatic heterocycles. The van der Waals surface area contributed by atoms with Gasteiger partial charge >= 0.3 is 0 Å². The molecule has 3 nitrogen and oxygen atoms in total. The van der Waals surface area contributed by atoms with E-state index in [4.69, 9.17) is 0 Å². The highest BCUT2D eigenvalue weighted by Crippen LogP contribution is 2.26. The van der Waals surface area contributed by atoms with Gasteiger partial charge in [0.2, 0.25) is 0 Å². The van der Waals surface area contributed by atoms with Crippen molar-refractivity contribution in [2.45, 2.75) is 19.4 Å². The zero-order valence-electron chi connectivity index (χ0n) is 8.12. The number of hydrogen-bond acceptors (Lipinski definition) is 3. The summed E-state index contributed by atoms with van der Waals surface area (Å²) in [5.41, 5.74) is 1.20. The molecule has 1 atom stereocenters. The Morgan fingerprint density at radius 3 is 3.31 bits per heavy atom. The minimum atomic E-state index is 0.581. The number of aromatic nitrogens is 1. The molecule has 2 rings (SSSR count). The Morgan fingerprint density at radius 2 is 2.46 bits per heavy atom. The van der Waals surface area contributed by atoms with Gasteiger partial charge in [-0.1, -0.05) is 0 Å². The molecule has 13 heavy (non-hydrogen) atoms. The Kier molecular flexibility index (Phi) is 2.08. The number of rotatable bonds is 0. The van der Waals surface area contributed by atoms with Crippen LogP contribution in [0.3, 0.4) is 0 Å². The monoisotopic (exact) mass is 177 g/mol. The van der Waals surface area contributed by atoms with E-state index in [0.717, 1.165) is 18.8 Å². The molecular formula is C10H15N3. The van der Waals surface area contributed by atoms with Crippen LogP contribution in [0.1, 0.15) is 13.3 Å². The molecule has 0 saturated heterocycles. The van der Waals surface area contributed by atoms with Crippen molar-refractivity contribution in [2.75, 3.05) is 23.8 Å². The van der Waals surface area contributed by atoms with Gasteiger partial charge < -0.3 is 10.2 Å². The quantitative estimate of drug-likeness (QED) is 0.654. The summed E-state index contributed by atoms with van der Waals surface area (Å²) in [6.45, 7) is 3.25. The van der Waals surface area contributed by atoms with Gasteiger partial charge in [-0.05, 0) is 25.5 Å². The molecular weight excluding hydrogens is 162 g/mol. The fraction of sp³-hybridized carbons (Fsp3) is 0.500. The second-order valence-corrected chi connectivity index (χ2v) is 3.55. The molecule has 0 amide bonds. The lowest BCUT2D eigenvalue weighted by atomic mass is 10.2. The van der Waals surface area contributed by atoms with Gasteiger partial charge in [0.25, 0.3) is 0 Å². The van der Waals surface area contributed by atoms with Crippen molar-refractivity contribution in [2.24, 2.45) is 0 Å². The van der Waals surface area contributed by atoms with Crippen molar-refractivity contribution in [3.8, 4) is 0 Å². The fourth-order valence-electron chi connectivity index (χ4n) is 1.65. The molecule has 3 heteroatoms. The van der Waals surface area contributed by atoms with Gasteiger partial charge in [0.15, 0.2) is 0 Å². The lowest BCUT2D eigenvalue weighted by Crippen LogP contribution is -2.28. The predicted molar refractivity (Wildman–Crippen MR) is 55.2 cm³/mol. The van der Waals surface area contributed by atoms with Crippen LogP contribution in [0.2, 0.25) is 0 Å². The van der Waals surface area contributed by atoms with Crippen LogP contribution in [0.5, 0.6) is 0 Å². The van der Waals surface area contributed by atoms with E-state index in [1.54, 1.807) is 0 Å². The van der Waals surface area contributed by atoms with Gasteiger partial charge in [0.05, 0.1) is 5.69 Å². The fourth-order valence-corrected chi connectivity index (χ4v) is 1.65. The van der Waals surface area contributed by atoms with Gasteiger partial charge in [-0.3, -0.25) is 0 Å². The highest BCUT2D eigenvalue weighted by molar-refractivity contribution is 5.66. The standard InChI is InChI=1S/C10H15N3/c1-8-5-7-12-10-9(13(8)2)4-3-6-11-10/h3-4,6,8H,5,7H2,1-2H3,(H,11,12). The SMILES string of the molecule is CC1CCNc2ncccc2N1C. The third-order valence-electron chi connectivity index (χ3n) is 2.68. The summed E-state index contributed by atoms with van der Waals surface area (Å²) in [6.07, 6.45) is 2.99. The van der Waals surface area contributed by atoms with E-state index in [0.29, 0.717) is 6.04 Å². The van der Waals surface area contributed by atoms with Gasteiger partial charge in [0.1, 0.15) is 5.82 Å². The van der Waals surface area contributed by atoms with Crippen LogP contribution < -0.4 is 10.2 Å². The summed E-state index contributed by atoms with van der Waals surface area (Å²) < 4.78 is 0. The molecule has 0 fully saturated rings. The minimum absolute atomic E-state index is 0.581. The van der Waals surface area contributed by atoms with Gasteiger partial charge in [-0.15, -0.1) is 0 Å². The molecule has 1 aromatic rings. The normalized spacial score (nSPS) is 21.7. The van der Waals surface area contributed by atoms with Crippen LogP contribution >= 0.6 is 0 Å². The van der Waals surface area contributed by atoms with Crippen LogP contribution in [-0.4, -0.2) is 24.6 Å². The summed E-state index contributed by atoms with van der Waals surface area (Å²) >= 11 is 0. The lowest BCUT2D eigenvalue weighted by molar-refractivity contribution is 0.657. The van der Waals surface area contributed by atoms with Crippen LogP contribution in [0.4, 0.5) is 11.5 Å². The zero-order chi connectivity index (χ0) is 9.26. The molecule has 0 aliphatic carbocycles. The highest BCUT2D eigenvalue weighted by atomic mass is 15.2. The Morgan fingerprint density at radius 1 is 1.62 bits per heavy atom. The second kappa shape index (κ2) is 3.24. The van der Waals surface area contributed by atoms with E-state index >= 15 is 0 Å². The average Bonchev–Trinajstić information content (AvgIpc) is 2.29. The first kappa shape index (κ1) is 8.35. The van der Waals surface area contributed by atoms with E-state index in [9.17, 15) is 0 Å². The van der Waals surface area contributed by atoms with E-state index < -0.39 is 0 Å². The Labute approximate surface area is 78.8 Å². The van der Waals surface area contributed by atoms with Gasteiger partial charge in [-0.2, -0.15) is 0 Å². The van der Waals surface area contributed by atoms with Crippen LogP contribution in [0.25, 0.3) is 0 Å². The Hall–Kier alpha value is -1.25. The summed E-state index contributed by atoms with van der Waals surface area (Å²) in [4.78, 5) is 6.59. The van der Waals surface area contributed by atoms with Crippen LogP contribution in [-0.2, 0) is 0 Å². The van der Waals surface area contributed by atoms with Crippen molar-refractivity contribution in [1.29, 1.82) is 0 Å². The molecule has 0 saturated carbocycles. The van der Waals surface area contributed by atoms with E-state index in [1.807, 2.05) is 12.3 Å². The topological polar surface area (TPSA) is 28.2 Å². The first-order chi connectivity index (χ1) is 6.29.